The average Bonchev–Trinajstić information content (AvgIpc) is 3.08. The van der Waals surface area contributed by atoms with Crippen LogP contribution in [0, 0.1) is 5.92 Å². The van der Waals surface area contributed by atoms with E-state index in [0.717, 1.165) is 30.6 Å². The number of aromatic nitrogens is 2. The summed E-state index contributed by atoms with van der Waals surface area (Å²) in [5.41, 5.74) is 5.23. The summed E-state index contributed by atoms with van der Waals surface area (Å²) in [4.78, 5) is 15.5. The molecule has 1 fully saturated rings. The summed E-state index contributed by atoms with van der Waals surface area (Å²) < 4.78 is 1.83. The SMILES string of the molecule is CC(C)c1ccc(-c2c(C(=O)N3CCCC4CCCC=C43)cnn2C)cc1. The van der Waals surface area contributed by atoms with Crippen molar-refractivity contribution in [2.45, 2.75) is 51.9 Å². The van der Waals surface area contributed by atoms with E-state index in [2.05, 4.69) is 49.3 Å². The zero-order valence-corrected chi connectivity index (χ0v) is 16.6. The maximum atomic E-state index is 13.5. The molecule has 1 atom stereocenters. The highest BCUT2D eigenvalue weighted by atomic mass is 16.2. The minimum absolute atomic E-state index is 0.101. The molecule has 1 saturated heterocycles. The Labute approximate surface area is 161 Å². The number of carbonyl (C=O) groups is 1. The standard InChI is InChI=1S/C23H29N3O/c1-16(2)17-10-12-19(13-11-17)22-20(15-24-25(22)3)23(27)26-14-6-8-18-7-4-5-9-21(18)26/h9-13,15-16,18H,4-8,14H2,1-3H3. The van der Waals surface area contributed by atoms with Gasteiger partial charge in [0.25, 0.3) is 5.91 Å². The molecule has 0 bridgehead atoms. The molecule has 27 heavy (non-hydrogen) atoms. The van der Waals surface area contributed by atoms with E-state index in [4.69, 9.17) is 0 Å². The zero-order valence-electron chi connectivity index (χ0n) is 16.6. The molecule has 2 heterocycles. The van der Waals surface area contributed by atoms with Gasteiger partial charge in [-0.05, 0) is 49.5 Å². The highest BCUT2D eigenvalue weighted by Crippen LogP contribution is 2.36. The molecule has 0 saturated carbocycles. The van der Waals surface area contributed by atoms with E-state index in [0.29, 0.717) is 17.4 Å². The van der Waals surface area contributed by atoms with Gasteiger partial charge in [0, 0.05) is 24.9 Å². The van der Waals surface area contributed by atoms with Crippen LogP contribution in [0.4, 0.5) is 0 Å². The lowest BCUT2D eigenvalue weighted by molar-refractivity contribution is 0.0749. The fourth-order valence-corrected chi connectivity index (χ4v) is 4.50. The van der Waals surface area contributed by atoms with Crippen LogP contribution < -0.4 is 0 Å². The Bertz CT molecular complexity index is 860. The first-order valence-corrected chi connectivity index (χ1v) is 10.2. The van der Waals surface area contributed by atoms with E-state index in [9.17, 15) is 4.79 Å². The van der Waals surface area contributed by atoms with Crippen molar-refractivity contribution >= 4 is 5.91 Å². The van der Waals surface area contributed by atoms with Crippen LogP contribution in [0.1, 0.15) is 67.8 Å². The van der Waals surface area contributed by atoms with Crippen LogP contribution in [0.25, 0.3) is 11.3 Å². The highest BCUT2D eigenvalue weighted by Gasteiger charge is 2.32. The third kappa shape index (κ3) is 3.33. The Balaban J connectivity index is 1.68. The van der Waals surface area contributed by atoms with Crippen molar-refractivity contribution in [2.24, 2.45) is 13.0 Å². The van der Waals surface area contributed by atoms with Crippen LogP contribution in [0.5, 0.6) is 0 Å². The largest absolute Gasteiger partial charge is 0.312 e. The average molecular weight is 364 g/mol. The van der Waals surface area contributed by atoms with Gasteiger partial charge in [-0.2, -0.15) is 5.10 Å². The molecule has 0 spiro atoms. The number of hydrogen-bond acceptors (Lipinski definition) is 2. The summed E-state index contributed by atoms with van der Waals surface area (Å²) in [7, 11) is 1.92. The van der Waals surface area contributed by atoms with E-state index in [1.54, 1.807) is 6.20 Å². The Hall–Kier alpha value is -2.36. The molecule has 1 amide bonds. The molecule has 4 rings (SSSR count). The third-order valence-corrected chi connectivity index (χ3v) is 6.04. The van der Waals surface area contributed by atoms with Gasteiger partial charge < -0.3 is 4.90 Å². The van der Waals surface area contributed by atoms with Crippen LogP contribution in [0.2, 0.25) is 0 Å². The van der Waals surface area contributed by atoms with Crippen molar-refractivity contribution in [3.05, 3.63) is 53.4 Å². The smallest absolute Gasteiger partial charge is 0.261 e. The lowest BCUT2D eigenvalue weighted by Gasteiger charge is -2.38. The molecule has 1 aliphatic heterocycles. The van der Waals surface area contributed by atoms with Crippen LogP contribution in [0.15, 0.2) is 42.2 Å². The van der Waals surface area contributed by atoms with Gasteiger partial charge in [0.1, 0.15) is 0 Å². The minimum atomic E-state index is 0.101. The number of piperidine rings is 1. The number of allylic oxidation sites excluding steroid dienone is 2. The molecular formula is C23H29N3O. The molecular weight excluding hydrogens is 334 g/mol. The van der Waals surface area contributed by atoms with Crippen LogP contribution in [0.3, 0.4) is 0 Å². The molecule has 1 aromatic heterocycles. The van der Waals surface area contributed by atoms with Crippen molar-refractivity contribution in [3.8, 4) is 11.3 Å². The molecule has 1 aromatic carbocycles. The molecule has 0 N–H and O–H groups in total. The predicted octanol–water partition coefficient (Wildman–Crippen LogP) is 5.13. The number of likely N-dealkylation sites (tertiary alicyclic amines) is 1. The van der Waals surface area contributed by atoms with Crippen molar-refractivity contribution < 1.29 is 4.79 Å². The fourth-order valence-electron chi connectivity index (χ4n) is 4.50. The van der Waals surface area contributed by atoms with Crippen molar-refractivity contribution in [3.63, 3.8) is 0 Å². The number of nitrogens with zero attached hydrogens (tertiary/aromatic N) is 3. The second-order valence-electron chi connectivity index (χ2n) is 8.16. The Morgan fingerprint density at radius 2 is 1.89 bits per heavy atom. The van der Waals surface area contributed by atoms with Crippen molar-refractivity contribution in [1.82, 2.24) is 14.7 Å². The topological polar surface area (TPSA) is 38.1 Å². The maximum absolute atomic E-state index is 13.5. The number of carbonyl (C=O) groups excluding carboxylic acids is 1. The van der Waals surface area contributed by atoms with Gasteiger partial charge in [0.15, 0.2) is 0 Å². The number of hydrogen-bond donors (Lipinski definition) is 0. The van der Waals surface area contributed by atoms with E-state index < -0.39 is 0 Å². The summed E-state index contributed by atoms with van der Waals surface area (Å²) >= 11 is 0. The number of rotatable bonds is 3. The van der Waals surface area contributed by atoms with Crippen LogP contribution in [-0.4, -0.2) is 27.1 Å². The van der Waals surface area contributed by atoms with Gasteiger partial charge in [-0.25, -0.2) is 0 Å². The van der Waals surface area contributed by atoms with E-state index in [1.165, 1.54) is 30.5 Å². The third-order valence-electron chi connectivity index (χ3n) is 6.04. The number of fused-ring (bicyclic) bond motifs is 1. The molecule has 2 aliphatic rings. The molecule has 2 aromatic rings. The van der Waals surface area contributed by atoms with Gasteiger partial charge in [-0.1, -0.05) is 44.2 Å². The van der Waals surface area contributed by atoms with Crippen LogP contribution >= 0.6 is 0 Å². The molecule has 1 aliphatic carbocycles. The Morgan fingerprint density at radius 3 is 2.63 bits per heavy atom. The van der Waals surface area contributed by atoms with E-state index >= 15 is 0 Å². The van der Waals surface area contributed by atoms with E-state index in [-0.39, 0.29) is 5.91 Å². The second-order valence-corrected chi connectivity index (χ2v) is 8.16. The fraction of sp³-hybridized carbons (Fsp3) is 0.478. The number of benzene rings is 1. The molecule has 4 nitrogen and oxygen atoms in total. The normalized spacial score (nSPS) is 19.8. The number of aryl methyl sites for hydroxylation is 1. The molecule has 142 valence electrons. The molecule has 0 radical (unpaired) electrons. The van der Waals surface area contributed by atoms with Crippen molar-refractivity contribution in [2.75, 3.05) is 6.54 Å². The predicted molar refractivity (Wildman–Crippen MR) is 108 cm³/mol. The Morgan fingerprint density at radius 1 is 1.15 bits per heavy atom. The first-order chi connectivity index (χ1) is 13.1. The van der Waals surface area contributed by atoms with Gasteiger partial charge in [-0.3, -0.25) is 9.48 Å². The van der Waals surface area contributed by atoms with Gasteiger partial charge in [0.05, 0.1) is 17.5 Å². The Kier molecular flexibility index (Phi) is 4.90. The molecule has 4 heteroatoms. The van der Waals surface area contributed by atoms with Gasteiger partial charge >= 0.3 is 0 Å². The first-order valence-electron chi connectivity index (χ1n) is 10.2. The molecule has 1 unspecified atom stereocenters. The van der Waals surface area contributed by atoms with Crippen LogP contribution in [-0.2, 0) is 7.05 Å². The van der Waals surface area contributed by atoms with Gasteiger partial charge in [-0.15, -0.1) is 0 Å². The maximum Gasteiger partial charge on any atom is 0.261 e. The lowest BCUT2D eigenvalue weighted by atomic mass is 9.84. The summed E-state index contributed by atoms with van der Waals surface area (Å²) in [5.74, 6) is 1.15. The monoisotopic (exact) mass is 363 g/mol. The van der Waals surface area contributed by atoms with E-state index in [1.807, 2.05) is 16.6 Å². The number of amides is 1. The quantitative estimate of drug-likeness (QED) is 0.758. The van der Waals surface area contributed by atoms with Crippen molar-refractivity contribution in [1.29, 1.82) is 0 Å². The zero-order chi connectivity index (χ0) is 19.0. The summed E-state index contributed by atoms with van der Waals surface area (Å²) in [6.07, 6.45) is 9.88. The highest BCUT2D eigenvalue weighted by molar-refractivity contribution is 6.01. The van der Waals surface area contributed by atoms with Gasteiger partial charge in [0.2, 0.25) is 0 Å². The summed E-state index contributed by atoms with van der Waals surface area (Å²) in [5, 5.41) is 4.42. The lowest BCUT2D eigenvalue weighted by Crippen LogP contribution is -2.39. The first kappa shape index (κ1) is 18.0. The summed E-state index contributed by atoms with van der Waals surface area (Å²) in [6.45, 7) is 5.21. The second kappa shape index (κ2) is 7.34. The summed E-state index contributed by atoms with van der Waals surface area (Å²) in [6, 6.07) is 8.54. The minimum Gasteiger partial charge on any atom is -0.312 e.